The predicted molar refractivity (Wildman–Crippen MR) is 150 cm³/mol. The van der Waals surface area contributed by atoms with Crippen LogP contribution in [0.4, 0.5) is 13.2 Å². The number of hydrogen-bond acceptors (Lipinski definition) is 7. The summed E-state index contributed by atoms with van der Waals surface area (Å²) in [4.78, 5) is 47.7. The van der Waals surface area contributed by atoms with Gasteiger partial charge in [-0.05, 0) is 12.5 Å². The van der Waals surface area contributed by atoms with Crippen LogP contribution in [0.1, 0.15) is 51.4 Å². The van der Waals surface area contributed by atoms with Gasteiger partial charge in [0.05, 0.1) is 25.2 Å². The van der Waals surface area contributed by atoms with Crippen LogP contribution in [0.5, 0.6) is 5.75 Å². The van der Waals surface area contributed by atoms with Gasteiger partial charge < -0.3 is 25.0 Å². The van der Waals surface area contributed by atoms with Gasteiger partial charge in [0.2, 0.25) is 5.43 Å². The van der Waals surface area contributed by atoms with Gasteiger partial charge in [-0.2, -0.15) is 5.06 Å². The van der Waals surface area contributed by atoms with Gasteiger partial charge in [-0.25, -0.2) is 13.2 Å². The van der Waals surface area contributed by atoms with Crippen LogP contribution in [0.15, 0.2) is 65.6 Å². The number of primary amides is 1. The van der Waals surface area contributed by atoms with Gasteiger partial charge in [0.15, 0.2) is 11.4 Å². The Kier molecular flexibility index (Phi) is 7.56. The Labute approximate surface area is 249 Å². The summed E-state index contributed by atoms with van der Waals surface area (Å²) in [7, 11) is 0. The molecule has 1 fully saturated rings. The molecule has 44 heavy (non-hydrogen) atoms. The van der Waals surface area contributed by atoms with Crippen molar-refractivity contribution >= 4 is 11.8 Å². The Balaban J connectivity index is 1.46. The van der Waals surface area contributed by atoms with Gasteiger partial charge >= 0.3 is 0 Å². The van der Waals surface area contributed by atoms with E-state index in [9.17, 15) is 32.7 Å². The molecular formula is C31H29F3N4O6. The van der Waals surface area contributed by atoms with Gasteiger partial charge in [0, 0.05) is 42.9 Å². The number of ether oxygens (including phenoxy) is 1. The van der Waals surface area contributed by atoms with Gasteiger partial charge in [0.25, 0.3) is 11.8 Å². The summed E-state index contributed by atoms with van der Waals surface area (Å²) in [5.41, 5.74) is 3.21. The fourth-order valence-electron chi connectivity index (χ4n) is 6.19. The number of nitrogens with zero attached hydrogens (tertiary/aromatic N) is 3. The van der Waals surface area contributed by atoms with E-state index in [0.29, 0.717) is 17.7 Å². The van der Waals surface area contributed by atoms with E-state index in [-0.39, 0.29) is 37.6 Å². The molecule has 0 saturated carbocycles. The van der Waals surface area contributed by atoms with Crippen molar-refractivity contribution < 1.29 is 37.4 Å². The van der Waals surface area contributed by atoms with E-state index in [2.05, 4.69) is 0 Å². The third kappa shape index (κ3) is 4.96. The molecular weight excluding hydrogens is 581 g/mol. The molecule has 1 saturated heterocycles. The molecule has 0 radical (unpaired) electrons. The first-order chi connectivity index (χ1) is 21.0. The van der Waals surface area contributed by atoms with Crippen LogP contribution in [-0.4, -0.2) is 62.3 Å². The molecule has 6 rings (SSSR count). The lowest BCUT2D eigenvalue weighted by Crippen LogP contribution is -2.54. The average Bonchev–Trinajstić information content (AvgIpc) is 3.23. The van der Waals surface area contributed by atoms with Crippen molar-refractivity contribution in [3.63, 3.8) is 0 Å². The van der Waals surface area contributed by atoms with Crippen LogP contribution in [0.3, 0.4) is 0 Å². The molecule has 4 heterocycles. The Morgan fingerprint density at radius 1 is 1.16 bits per heavy atom. The van der Waals surface area contributed by atoms with Crippen molar-refractivity contribution in [1.82, 2.24) is 14.5 Å². The third-order valence-electron chi connectivity index (χ3n) is 8.42. The van der Waals surface area contributed by atoms with Crippen LogP contribution in [0.2, 0.25) is 0 Å². The molecule has 3 aliphatic rings. The van der Waals surface area contributed by atoms with E-state index < -0.39 is 76.2 Å². The highest BCUT2D eigenvalue weighted by Gasteiger charge is 2.54. The molecule has 1 aromatic heterocycles. The number of aliphatic hydroxyl groups is 1. The number of amides is 2. The summed E-state index contributed by atoms with van der Waals surface area (Å²) in [6.45, 7) is 0.871. The highest BCUT2D eigenvalue weighted by atomic mass is 19.1. The van der Waals surface area contributed by atoms with Gasteiger partial charge in [-0.3, -0.25) is 19.2 Å². The largest absolute Gasteiger partial charge is 0.483 e. The number of nitrogens with two attached hydrogens (primary N) is 1. The Morgan fingerprint density at radius 2 is 1.86 bits per heavy atom. The van der Waals surface area contributed by atoms with Crippen molar-refractivity contribution in [2.45, 2.75) is 50.2 Å². The second-order valence-corrected chi connectivity index (χ2v) is 11.2. The number of aromatic nitrogens is 1. The van der Waals surface area contributed by atoms with Crippen LogP contribution in [0, 0.1) is 17.5 Å². The molecule has 230 valence electrons. The SMILES string of the molecule is CC1C[C@]2(C=C[C@H](CO)N3C[C@H]2n2cc(C(N)=O)c(=O)c(OCc4ccccc4)c2C3=O)ON1Cc1c(F)cc(F)cc1F. The molecule has 10 nitrogen and oxygen atoms in total. The second-order valence-electron chi connectivity index (χ2n) is 11.2. The highest BCUT2D eigenvalue weighted by Crippen LogP contribution is 2.46. The van der Waals surface area contributed by atoms with Crippen molar-refractivity contribution in [2.24, 2.45) is 5.73 Å². The Bertz CT molecular complexity index is 1710. The zero-order chi connectivity index (χ0) is 31.3. The lowest BCUT2D eigenvalue weighted by atomic mass is 9.86. The number of fused-ring (bicyclic) bond motifs is 5. The topological polar surface area (TPSA) is 127 Å². The normalized spacial score (nSPS) is 24.4. The molecule has 2 amide bonds. The monoisotopic (exact) mass is 610 g/mol. The fraction of sp³-hybridized carbons (Fsp3) is 0.323. The number of halogens is 3. The van der Waals surface area contributed by atoms with Crippen LogP contribution in [0.25, 0.3) is 0 Å². The van der Waals surface area contributed by atoms with E-state index in [1.165, 1.54) is 20.7 Å². The minimum absolute atomic E-state index is 0.0108. The van der Waals surface area contributed by atoms with Gasteiger partial charge in [-0.1, -0.05) is 42.5 Å². The minimum Gasteiger partial charge on any atom is -0.483 e. The maximum Gasteiger partial charge on any atom is 0.275 e. The molecule has 2 bridgehead atoms. The number of benzene rings is 2. The van der Waals surface area contributed by atoms with Crippen LogP contribution >= 0.6 is 0 Å². The van der Waals surface area contributed by atoms with Crippen molar-refractivity contribution in [2.75, 3.05) is 13.2 Å². The van der Waals surface area contributed by atoms with E-state index in [0.717, 1.165) is 0 Å². The summed E-state index contributed by atoms with van der Waals surface area (Å²) >= 11 is 0. The second kappa shape index (κ2) is 11.2. The predicted octanol–water partition coefficient (Wildman–Crippen LogP) is 2.84. The summed E-state index contributed by atoms with van der Waals surface area (Å²) in [5, 5.41) is 11.6. The molecule has 2 aromatic carbocycles. The lowest BCUT2D eigenvalue weighted by Gasteiger charge is -2.43. The average molecular weight is 611 g/mol. The molecule has 13 heteroatoms. The maximum atomic E-state index is 14.6. The molecule has 1 spiro atoms. The lowest BCUT2D eigenvalue weighted by molar-refractivity contribution is -0.208. The molecule has 3 N–H and O–H groups in total. The highest BCUT2D eigenvalue weighted by molar-refractivity contribution is 5.99. The first-order valence-electron chi connectivity index (χ1n) is 14.0. The summed E-state index contributed by atoms with van der Waals surface area (Å²) < 4.78 is 50.1. The molecule has 4 atom stereocenters. The smallest absolute Gasteiger partial charge is 0.275 e. The standard InChI is InChI=1S/C31H29F3N4O6/c1-17-11-31(44-38(17)13-21-23(33)9-19(32)10-24(21)34)8-7-20(15-39)36-14-25(31)37-12-22(29(35)41)27(40)28(26(37)30(36)42)43-16-18-5-3-2-4-6-18/h2-10,12,17,20,25,39H,11,13-16H2,1H3,(H2,35,41)/t17?,20-,25-,31+/m1/s1. The van der Waals surface area contributed by atoms with Gasteiger partial charge in [0.1, 0.15) is 35.2 Å². The molecule has 3 aromatic rings. The number of aliphatic hydroxyl groups excluding tert-OH is 1. The third-order valence-corrected chi connectivity index (χ3v) is 8.42. The number of hydroxylamine groups is 2. The van der Waals surface area contributed by atoms with E-state index in [1.54, 1.807) is 43.3 Å². The molecule has 3 aliphatic heterocycles. The van der Waals surface area contributed by atoms with Crippen molar-refractivity contribution in [3.8, 4) is 5.75 Å². The number of carbonyl (C=O) groups is 2. The summed E-state index contributed by atoms with van der Waals surface area (Å²) in [5.74, 6) is -5.21. The van der Waals surface area contributed by atoms with E-state index >= 15 is 0 Å². The molecule has 1 unspecified atom stereocenters. The van der Waals surface area contributed by atoms with Gasteiger partial charge in [-0.15, -0.1) is 0 Å². The molecule has 0 aliphatic carbocycles. The first-order valence-corrected chi connectivity index (χ1v) is 14.0. The first kappa shape index (κ1) is 29.6. The number of pyridine rings is 1. The summed E-state index contributed by atoms with van der Waals surface area (Å²) in [6.07, 6.45) is 4.75. The van der Waals surface area contributed by atoms with Crippen molar-refractivity contribution in [1.29, 1.82) is 0 Å². The van der Waals surface area contributed by atoms with Crippen LogP contribution in [-0.2, 0) is 18.0 Å². The number of rotatable bonds is 7. The zero-order valence-electron chi connectivity index (χ0n) is 23.6. The fourth-order valence-corrected chi connectivity index (χ4v) is 6.19. The Morgan fingerprint density at radius 3 is 2.52 bits per heavy atom. The summed E-state index contributed by atoms with van der Waals surface area (Å²) in [6, 6.07) is 8.05. The van der Waals surface area contributed by atoms with Crippen molar-refractivity contribution in [3.05, 3.63) is 111 Å². The number of hydrogen-bond donors (Lipinski definition) is 2. The minimum atomic E-state index is -1.27. The maximum absolute atomic E-state index is 14.6. The van der Waals surface area contributed by atoms with E-state index in [1.807, 2.05) is 6.07 Å². The number of carbonyl (C=O) groups excluding carboxylic acids is 2. The zero-order valence-corrected chi connectivity index (χ0v) is 23.6. The van der Waals surface area contributed by atoms with E-state index in [4.69, 9.17) is 15.3 Å². The Hall–Kier alpha value is -4.46. The van der Waals surface area contributed by atoms with Crippen LogP contribution < -0.4 is 15.9 Å². The quantitative estimate of drug-likeness (QED) is 0.394.